The second kappa shape index (κ2) is 6.33. The van der Waals surface area contributed by atoms with Gasteiger partial charge in [-0.3, -0.25) is 9.52 Å². The van der Waals surface area contributed by atoms with Crippen molar-refractivity contribution in [2.45, 2.75) is 23.8 Å². The molecule has 0 bridgehead atoms. The maximum absolute atomic E-state index is 12.3. The van der Waals surface area contributed by atoms with Gasteiger partial charge in [-0.2, -0.15) is 0 Å². The predicted molar refractivity (Wildman–Crippen MR) is 91.9 cm³/mol. The first-order valence-electron chi connectivity index (χ1n) is 7.13. The van der Waals surface area contributed by atoms with Crippen LogP contribution in [-0.2, 0) is 10.0 Å². The number of amides is 1. The molecule has 2 aromatic rings. The van der Waals surface area contributed by atoms with Gasteiger partial charge in [0, 0.05) is 21.8 Å². The van der Waals surface area contributed by atoms with Gasteiger partial charge in [-0.05, 0) is 61.4 Å². The van der Waals surface area contributed by atoms with Crippen molar-refractivity contribution in [1.82, 2.24) is 5.32 Å². The van der Waals surface area contributed by atoms with E-state index in [0.29, 0.717) is 11.3 Å². The lowest BCUT2D eigenvalue weighted by atomic mass is 10.2. The van der Waals surface area contributed by atoms with Crippen LogP contribution in [-0.4, -0.2) is 20.4 Å². The number of nitrogens with one attached hydrogen (secondary N) is 2. The fourth-order valence-corrected chi connectivity index (χ4v) is 3.34. The fraction of sp³-hybridized carbons (Fsp3) is 0.188. The Labute approximate surface area is 143 Å². The first-order valence-corrected chi connectivity index (χ1v) is 9.41. The topological polar surface area (TPSA) is 75.3 Å². The van der Waals surface area contributed by atoms with E-state index in [9.17, 15) is 13.2 Å². The highest BCUT2D eigenvalue weighted by atomic mass is 79.9. The number of carbonyl (C=O) groups excluding carboxylic acids is 1. The third-order valence-electron chi connectivity index (χ3n) is 3.44. The minimum Gasteiger partial charge on any atom is -0.349 e. The molecule has 0 spiro atoms. The van der Waals surface area contributed by atoms with Crippen LogP contribution >= 0.6 is 15.9 Å². The van der Waals surface area contributed by atoms with E-state index >= 15 is 0 Å². The smallest absolute Gasteiger partial charge is 0.261 e. The zero-order chi connectivity index (χ0) is 16.4. The van der Waals surface area contributed by atoms with E-state index in [0.717, 1.165) is 17.3 Å². The molecule has 0 heterocycles. The SMILES string of the molecule is O=C(NC1CC1)c1ccc(NS(=O)(=O)c2ccc(Br)cc2)cc1. The number of rotatable bonds is 5. The van der Waals surface area contributed by atoms with Crippen molar-refractivity contribution in [3.8, 4) is 0 Å². The van der Waals surface area contributed by atoms with Crippen molar-refractivity contribution in [1.29, 1.82) is 0 Å². The summed E-state index contributed by atoms with van der Waals surface area (Å²) in [6.45, 7) is 0. The molecule has 120 valence electrons. The molecule has 7 heteroatoms. The van der Waals surface area contributed by atoms with Gasteiger partial charge in [0.15, 0.2) is 0 Å². The Morgan fingerprint density at radius 1 is 1.00 bits per heavy atom. The molecule has 0 atom stereocenters. The molecule has 1 fully saturated rings. The monoisotopic (exact) mass is 394 g/mol. The molecule has 0 aromatic heterocycles. The third-order valence-corrected chi connectivity index (χ3v) is 5.36. The number of halogens is 1. The van der Waals surface area contributed by atoms with Crippen LogP contribution in [0.2, 0.25) is 0 Å². The molecule has 1 amide bonds. The van der Waals surface area contributed by atoms with Crippen LogP contribution in [0.5, 0.6) is 0 Å². The third kappa shape index (κ3) is 4.11. The van der Waals surface area contributed by atoms with Gasteiger partial charge in [0.05, 0.1) is 4.90 Å². The van der Waals surface area contributed by atoms with Crippen LogP contribution in [0.1, 0.15) is 23.2 Å². The quantitative estimate of drug-likeness (QED) is 0.817. The van der Waals surface area contributed by atoms with Crippen molar-refractivity contribution in [2.24, 2.45) is 0 Å². The summed E-state index contributed by atoms with van der Waals surface area (Å²) in [5.41, 5.74) is 0.930. The maximum atomic E-state index is 12.3. The van der Waals surface area contributed by atoms with Gasteiger partial charge in [0.1, 0.15) is 0 Å². The number of hydrogen-bond acceptors (Lipinski definition) is 3. The van der Waals surface area contributed by atoms with Gasteiger partial charge < -0.3 is 5.32 Å². The Bertz CT molecular complexity index is 813. The van der Waals surface area contributed by atoms with E-state index in [4.69, 9.17) is 0 Å². The lowest BCUT2D eigenvalue weighted by molar-refractivity contribution is 0.0951. The molecule has 0 aliphatic heterocycles. The highest BCUT2D eigenvalue weighted by molar-refractivity contribution is 9.10. The molecule has 1 saturated carbocycles. The normalized spacial score (nSPS) is 14.3. The van der Waals surface area contributed by atoms with E-state index < -0.39 is 10.0 Å². The van der Waals surface area contributed by atoms with Gasteiger partial charge >= 0.3 is 0 Å². The first-order chi connectivity index (χ1) is 10.9. The number of anilines is 1. The van der Waals surface area contributed by atoms with Crippen LogP contribution in [0.25, 0.3) is 0 Å². The molecule has 1 aliphatic rings. The summed E-state index contributed by atoms with van der Waals surface area (Å²) < 4.78 is 27.9. The van der Waals surface area contributed by atoms with Gasteiger partial charge in [0.25, 0.3) is 15.9 Å². The average molecular weight is 395 g/mol. The highest BCUT2D eigenvalue weighted by Crippen LogP contribution is 2.21. The van der Waals surface area contributed by atoms with E-state index in [1.807, 2.05) is 0 Å². The Hall–Kier alpha value is -1.86. The molecule has 3 rings (SSSR count). The predicted octanol–water partition coefficient (Wildman–Crippen LogP) is 3.14. The van der Waals surface area contributed by atoms with E-state index in [-0.39, 0.29) is 16.8 Å². The van der Waals surface area contributed by atoms with Crippen molar-refractivity contribution in [3.05, 3.63) is 58.6 Å². The summed E-state index contributed by atoms with van der Waals surface area (Å²) in [6, 6.07) is 13.0. The number of carbonyl (C=O) groups is 1. The minimum atomic E-state index is -3.64. The van der Waals surface area contributed by atoms with Crippen LogP contribution in [0, 0.1) is 0 Å². The maximum Gasteiger partial charge on any atom is 0.261 e. The number of sulfonamides is 1. The lowest BCUT2D eigenvalue weighted by Gasteiger charge is -2.09. The molecule has 2 aromatic carbocycles. The highest BCUT2D eigenvalue weighted by Gasteiger charge is 2.23. The molecular weight excluding hydrogens is 380 g/mol. The molecule has 1 aliphatic carbocycles. The van der Waals surface area contributed by atoms with Crippen molar-refractivity contribution in [2.75, 3.05) is 4.72 Å². The van der Waals surface area contributed by atoms with E-state index in [1.54, 1.807) is 36.4 Å². The van der Waals surface area contributed by atoms with Crippen LogP contribution in [0.4, 0.5) is 5.69 Å². The summed E-state index contributed by atoms with van der Waals surface area (Å²) in [4.78, 5) is 12.1. The summed E-state index contributed by atoms with van der Waals surface area (Å²) in [7, 11) is -3.64. The molecular formula is C16H15BrN2O3S. The summed E-state index contributed by atoms with van der Waals surface area (Å²) >= 11 is 3.27. The Morgan fingerprint density at radius 3 is 2.17 bits per heavy atom. The first kappa shape index (κ1) is 16.0. The van der Waals surface area contributed by atoms with Gasteiger partial charge in [-0.1, -0.05) is 15.9 Å². The van der Waals surface area contributed by atoms with Crippen LogP contribution in [0.3, 0.4) is 0 Å². The average Bonchev–Trinajstić information content (AvgIpc) is 3.32. The molecule has 0 saturated heterocycles. The number of hydrogen-bond donors (Lipinski definition) is 2. The molecule has 5 nitrogen and oxygen atoms in total. The van der Waals surface area contributed by atoms with Crippen LogP contribution < -0.4 is 10.0 Å². The largest absolute Gasteiger partial charge is 0.349 e. The Balaban J connectivity index is 1.71. The zero-order valence-corrected chi connectivity index (χ0v) is 14.5. The van der Waals surface area contributed by atoms with Crippen molar-refractivity contribution < 1.29 is 13.2 Å². The second-order valence-electron chi connectivity index (χ2n) is 5.38. The van der Waals surface area contributed by atoms with Gasteiger partial charge in [0.2, 0.25) is 0 Å². The second-order valence-corrected chi connectivity index (χ2v) is 7.98. The molecule has 23 heavy (non-hydrogen) atoms. The van der Waals surface area contributed by atoms with E-state index in [1.165, 1.54) is 12.1 Å². The van der Waals surface area contributed by atoms with E-state index in [2.05, 4.69) is 26.0 Å². The summed E-state index contributed by atoms with van der Waals surface area (Å²) in [5.74, 6) is -0.130. The summed E-state index contributed by atoms with van der Waals surface area (Å²) in [6.07, 6.45) is 2.05. The zero-order valence-electron chi connectivity index (χ0n) is 12.1. The fourth-order valence-electron chi connectivity index (χ4n) is 2.01. The molecule has 0 radical (unpaired) electrons. The molecule has 0 unspecified atom stereocenters. The van der Waals surface area contributed by atoms with Gasteiger partial charge in [-0.15, -0.1) is 0 Å². The lowest BCUT2D eigenvalue weighted by Crippen LogP contribution is -2.25. The number of benzene rings is 2. The van der Waals surface area contributed by atoms with Crippen molar-refractivity contribution >= 4 is 37.5 Å². The Kier molecular flexibility index (Phi) is 4.41. The molecule has 2 N–H and O–H groups in total. The van der Waals surface area contributed by atoms with Gasteiger partial charge in [-0.25, -0.2) is 8.42 Å². The minimum absolute atomic E-state index is 0.130. The van der Waals surface area contributed by atoms with Crippen LogP contribution in [0.15, 0.2) is 57.9 Å². The summed E-state index contributed by atoms with van der Waals surface area (Å²) in [5, 5.41) is 2.89. The Morgan fingerprint density at radius 2 is 1.61 bits per heavy atom. The standard InChI is InChI=1S/C16H15BrN2O3S/c17-12-3-9-15(10-4-12)23(21,22)19-14-5-1-11(2-6-14)16(20)18-13-7-8-13/h1-6,9-10,13,19H,7-8H2,(H,18,20). The van der Waals surface area contributed by atoms with Crippen molar-refractivity contribution in [3.63, 3.8) is 0 Å².